The van der Waals surface area contributed by atoms with Crippen LogP contribution in [-0.2, 0) is 28.6 Å². The van der Waals surface area contributed by atoms with E-state index in [4.69, 9.17) is 14.2 Å². The van der Waals surface area contributed by atoms with Crippen molar-refractivity contribution in [1.29, 1.82) is 0 Å². The summed E-state index contributed by atoms with van der Waals surface area (Å²) in [6.07, 6.45) is 102. The van der Waals surface area contributed by atoms with Crippen LogP contribution in [0.2, 0.25) is 0 Å². The number of unbranched alkanes of at least 4 members (excludes halogenated alkanes) is 16. The minimum Gasteiger partial charge on any atom is -0.462 e. The highest BCUT2D eigenvalue weighted by atomic mass is 16.6. The predicted octanol–water partition coefficient (Wildman–Crippen LogP) is 22.8. The van der Waals surface area contributed by atoms with Gasteiger partial charge >= 0.3 is 17.9 Å². The lowest BCUT2D eigenvalue weighted by molar-refractivity contribution is -0.167. The van der Waals surface area contributed by atoms with Crippen molar-refractivity contribution in [2.45, 2.75) is 264 Å². The molecule has 82 heavy (non-hydrogen) atoms. The van der Waals surface area contributed by atoms with Gasteiger partial charge in [-0.1, -0.05) is 267 Å². The van der Waals surface area contributed by atoms with E-state index in [2.05, 4.69) is 203 Å². The highest BCUT2D eigenvalue weighted by Crippen LogP contribution is 2.13. The Morgan fingerprint density at radius 3 is 0.756 bits per heavy atom. The van der Waals surface area contributed by atoms with Gasteiger partial charge in [0.2, 0.25) is 0 Å². The molecule has 1 unspecified atom stereocenters. The topological polar surface area (TPSA) is 78.9 Å². The van der Waals surface area contributed by atoms with Gasteiger partial charge in [0.1, 0.15) is 13.2 Å². The highest BCUT2D eigenvalue weighted by molar-refractivity contribution is 5.71. The molecule has 6 heteroatoms. The largest absolute Gasteiger partial charge is 0.462 e. The van der Waals surface area contributed by atoms with E-state index in [0.29, 0.717) is 19.3 Å². The summed E-state index contributed by atoms with van der Waals surface area (Å²) >= 11 is 0. The summed E-state index contributed by atoms with van der Waals surface area (Å²) in [6.45, 7) is 6.31. The van der Waals surface area contributed by atoms with Gasteiger partial charge in [0, 0.05) is 19.3 Å². The molecule has 0 aromatic rings. The molecule has 0 aliphatic heterocycles. The Hall–Kier alpha value is -5.49. The summed E-state index contributed by atoms with van der Waals surface area (Å²) in [5.41, 5.74) is 0. The summed E-state index contributed by atoms with van der Waals surface area (Å²) in [5, 5.41) is 0. The SMILES string of the molecule is CC/C=C\C/C=C\C/C=C\C/C=C\C/C=C\C/C=C\C/C=C\C/C=C\C/C=C\CCCCCC(=O)OCC(COC(=O)CCCCCCC/C=C\C/C=C\CCCC)OC(=O)CCCCCCCC/C=C\C/C=C\C/C=C\C/C=C\CC. The molecule has 458 valence electrons. The monoisotopic (exact) mass is 1130 g/mol. The van der Waals surface area contributed by atoms with Crippen molar-refractivity contribution in [3.05, 3.63) is 182 Å². The fourth-order valence-electron chi connectivity index (χ4n) is 8.26. The van der Waals surface area contributed by atoms with Gasteiger partial charge in [0.25, 0.3) is 0 Å². The first-order valence-corrected chi connectivity index (χ1v) is 32.8. The summed E-state index contributed by atoms with van der Waals surface area (Å²) in [4.78, 5) is 38.3. The first-order valence-electron chi connectivity index (χ1n) is 32.8. The molecule has 0 radical (unpaired) electrons. The van der Waals surface area contributed by atoms with E-state index in [0.717, 1.165) is 186 Å². The number of hydrogen-bond donors (Lipinski definition) is 0. The van der Waals surface area contributed by atoms with E-state index < -0.39 is 6.10 Å². The molecule has 0 aliphatic carbocycles. The second-order valence-electron chi connectivity index (χ2n) is 20.9. The second-order valence-corrected chi connectivity index (χ2v) is 20.9. The third-order valence-electron chi connectivity index (χ3n) is 13.1. The van der Waals surface area contributed by atoms with Gasteiger partial charge in [-0.15, -0.1) is 0 Å². The standard InChI is InChI=1S/C76H118O6/c1-4-7-10-13-16-19-22-25-28-30-32-33-34-35-36-37-38-39-40-41-42-43-45-46-48-51-54-57-60-63-66-69-75(78)81-72-73(71-80-74(77)68-65-62-59-56-53-50-27-24-21-18-15-12-9-6-3)82-76(79)70-67-64-61-58-55-52-49-47-44-31-29-26-23-20-17-14-11-8-5-2/h7-8,10-11,15-20,24-29,32-33,35-36,38-39,41-42,44-47,51,54,73H,4-6,9,12-14,21-23,30-31,34,37,40,43,48-50,52-53,55-72H2,1-3H3/b10-7-,11-8-,18-15-,19-16-,20-17-,27-24-,28-25-,29-26-,33-32-,36-35-,39-38-,42-41-,46-45-,47-44-,54-51-. The van der Waals surface area contributed by atoms with Crippen LogP contribution in [0, 0.1) is 0 Å². The van der Waals surface area contributed by atoms with E-state index in [9.17, 15) is 14.4 Å². The Bertz CT molecular complexity index is 1920. The van der Waals surface area contributed by atoms with Gasteiger partial charge in [-0.25, -0.2) is 0 Å². The number of carbonyl (C=O) groups excluding carboxylic acids is 3. The number of allylic oxidation sites excluding steroid dienone is 30. The van der Waals surface area contributed by atoms with Crippen molar-refractivity contribution in [2.75, 3.05) is 13.2 Å². The van der Waals surface area contributed by atoms with E-state index >= 15 is 0 Å². The maximum atomic E-state index is 12.9. The molecule has 0 aromatic heterocycles. The summed E-state index contributed by atoms with van der Waals surface area (Å²) in [6, 6.07) is 0. The van der Waals surface area contributed by atoms with Crippen molar-refractivity contribution in [3.63, 3.8) is 0 Å². The van der Waals surface area contributed by atoms with Crippen LogP contribution in [0.15, 0.2) is 182 Å². The molecule has 0 saturated carbocycles. The zero-order chi connectivity index (χ0) is 59.2. The minimum atomic E-state index is -0.817. The van der Waals surface area contributed by atoms with E-state index in [-0.39, 0.29) is 31.1 Å². The molecule has 1 atom stereocenters. The van der Waals surface area contributed by atoms with Crippen LogP contribution in [-0.4, -0.2) is 37.2 Å². The Kier molecular flexibility index (Phi) is 63.5. The van der Waals surface area contributed by atoms with Crippen LogP contribution in [0.5, 0.6) is 0 Å². The quantitative estimate of drug-likeness (QED) is 0.0261. The Labute approximate surface area is 504 Å². The maximum Gasteiger partial charge on any atom is 0.306 e. The van der Waals surface area contributed by atoms with Crippen LogP contribution in [0.3, 0.4) is 0 Å². The molecular weight excluding hydrogens is 1010 g/mol. The predicted molar refractivity (Wildman–Crippen MR) is 357 cm³/mol. The molecule has 0 spiro atoms. The number of hydrogen-bond acceptors (Lipinski definition) is 6. The highest BCUT2D eigenvalue weighted by Gasteiger charge is 2.19. The molecule has 0 rings (SSSR count). The van der Waals surface area contributed by atoms with Crippen LogP contribution < -0.4 is 0 Å². The van der Waals surface area contributed by atoms with Gasteiger partial charge in [0.15, 0.2) is 6.10 Å². The van der Waals surface area contributed by atoms with Gasteiger partial charge in [-0.3, -0.25) is 14.4 Å². The van der Waals surface area contributed by atoms with Crippen molar-refractivity contribution in [3.8, 4) is 0 Å². The molecule has 0 N–H and O–H groups in total. The van der Waals surface area contributed by atoms with Gasteiger partial charge < -0.3 is 14.2 Å². The molecule has 0 fully saturated rings. The third-order valence-corrected chi connectivity index (χ3v) is 13.1. The smallest absolute Gasteiger partial charge is 0.306 e. The lowest BCUT2D eigenvalue weighted by atomic mass is 10.1. The molecule has 0 heterocycles. The zero-order valence-corrected chi connectivity index (χ0v) is 52.4. The molecular formula is C76H118O6. The minimum absolute atomic E-state index is 0.111. The van der Waals surface area contributed by atoms with Crippen LogP contribution in [0.4, 0.5) is 0 Å². The van der Waals surface area contributed by atoms with Crippen LogP contribution >= 0.6 is 0 Å². The van der Waals surface area contributed by atoms with Crippen molar-refractivity contribution in [1.82, 2.24) is 0 Å². The Morgan fingerprint density at radius 2 is 0.476 bits per heavy atom. The summed E-state index contributed by atoms with van der Waals surface area (Å²) in [5.74, 6) is -0.978. The first-order chi connectivity index (χ1) is 40.5. The maximum absolute atomic E-state index is 12.9. The Balaban J connectivity index is 4.46. The fourth-order valence-corrected chi connectivity index (χ4v) is 8.26. The second kappa shape index (κ2) is 68.0. The normalized spacial score (nSPS) is 13.4. The molecule has 0 bridgehead atoms. The van der Waals surface area contributed by atoms with Gasteiger partial charge in [0.05, 0.1) is 0 Å². The van der Waals surface area contributed by atoms with Crippen molar-refractivity contribution in [2.24, 2.45) is 0 Å². The molecule has 0 aliphatic rings. The number of rotatable bonds is 57. The molecule has 0 amide bonds. The van der Waals surface area contributed by atoms with E-state index in [1.165, 1.54) is 32.1 Å². The van der Waals surface area contributed by atoms with Crippen molar-refractivity contribution >= 4 is 17.9 Å². The summed E-state index contributed by atoms with van der Waals surface area (Å²) in [7, 11) is 0. The lowest BCUT2D eigenvalue weighted by Crippen LogP contribution is -2.30. The average molecular weight is 1130 g/mol. The first kappa shape index (κ1) is 76.5. The number of carbonyl (C=O) groups is 3. The van der Waals surface area contributed by atoms with E-state index in [1.54, 1.807) is 0 Å². The molecule has 0 aromatic carbocycles. The van der Waals surface area contributed by atoms with Gasteiger partial charge in [-0.05, 0) is 154 Å². The Morgan fingerprint density at radius 1 is 0.256 bits per heavy atom. The molecule has 6 nitrogen and oxygen atoms in total. The van der Waals surface area contributed by atoms with Gasteiger partial charge in [-0.2, -0.15) is 0 Å². The van der Waals surface area contributed by atoms with E-state index in [1.807, 2.05) is 0 Å². The molecule has 0 saturated heterocycles. The fraction of sp³-hybridized carbons (Fsp3) is 0.566. The summed E-state index contributed by atoms with van der Waals surface area (Å²) < 4.78 is 16.9. The lowest BCUT2D eigenvalue weighted by Gasteiger charge is -2.18. The average Bonchev–Trinajstić information content (AvgIpc) is 3.47. The van der Waals surface area contributed by atoms with Crippen molar-refractivity contribution < 1.29 is 28.6 Å². The number of esters is 3. The number of ether oxygens (including phenoxy) is 3. The van der Waals surface area contributed by atoms with Crippen LogP contribution in [0.1, 0.15) is 258 Å². The third kappa shape index (κ3) is 65.3. The zero-order valence-electron chi connectivity index (χ0n) is 52.4. The van der Waals surface area contributed by atoms with Crippen LogP contribution in [0.25, 0.3) is 0 Å².